The van der Waals surface area contributed by atoms with Crippen LogP contribution in [0.25, 0.3) is 0 Å². The van der Waals surface area contributed by atoms with E-state index in [1.165, 1.54) is 11.1 Å². The second-order valence-corrected chi connectivity index (χ2v) is 4.87. The van der Waals surface area contributed by atoms with Gasteiger partial charge in [0.1, 0.15) is 0 Å². The molecular weight excluding hydrogens is 222 g/mol. The van der Waals surface area contributed by atoms with E-state index in [-0.39, 0.29) is 0 Å². The second kappa shape index (κ2) is 8.25. The molecule has 3 nitrogen and oxygen atoms in total. The van der Waals surface area contributed by atoms with Gasteiger partial charge in [0.15, 0.2) is 0 Å². The molecule has 102 valence electrons. The van der Waals surface area contributed by atoms with Crippen molar-refractivity contribution in [2.45, 2.75) is 39.7 Å². The highest BCUT2D eigenvalue weighted by molar-refractivity contribution is 5.22. The average Bonchev–Trinajstić information content (AvgIpc) is 2.40. The molecule has 0 radical (unpaired) electrons. The van der Waals surface area contributed by atoms with Crippen LogP contribution in [0.1, 0.15) is 31.4 Å². The molecule has 3 heteroatoms. The Morgan fingerprint density at radius 1 is 1.17 bits per heavy atom. The summed E-state index contributed by atoms with van der Waals surface area (Å²) in [4.78, 5) is 2.43. The maximum absolute atomic E-state index is 5.65. The van der Waals surface area contributed by atoms with Crippen LogP contribution in [0.3, 0.4) is 0 Å². The molecule has 0 fully saturated rings. The van der Waals surface area contributed by atoms with E-state index in [1.54, 1.807) is 0 Å². The quantitative estimate of drug-likeness (QED) is 0.547. The lowest BCUT2D eigenvalue weighted by Gasteiger charge is -2.22. The summed E-state index contributed by atoms with van der Waals surface area (Å²) in [6, 6.07) is 9.06. The maximum Gasteiger partial charge on any atom is 0.0263 e. The fourth-order valence-electron chi connectivity index (χ4n) is 2.13. The van der Waals surface area contributed by atoms with Crippen LogP contribution in [0.4, 0.5) is 0 Å². The Bertz CT molecular complexity index is 317. The SMILES string of the molecule is CCN(CC)CCC(Cc1ccc(C)cc1)NN. The zero-order valence-corrected chi connectivity index (χ0v) is 11.9. The molecular formula is C15H27N3. The van der Waals surface area contributed by atoms with Crippen LogP contribution >= 0.6 is 0 Å². The number of aryl methyl sites for hydroxylation is 1. The molecule has 18 heavy (non-hydrogen) atoms. The van der Waals surface area contributed by atoms with Gasteiger partial charge < -0.3 is 4.90 Å². The number of nitrogens with two attached hydrogens (primary N) is 1. The lowest BCUT2D eigenvalue weighted by atomic mass is 10.0. The van der Waals surface area contributed by atoms with Gasteiger partial charge in [-0.05, 0) is 45.0 Å². The summed E-state index contributed by atoms with van der Waals surface area (Å²) in [5, 5.41) is 0. The van der Waals surface area contributed by atoms with Crippen molar-refractivity contribution in [1.82, 2.24) is 10.3 Å². The van der Waals surface area contributed by atoms with Crippen LogP contribution in [0.5, 0.6) is 0 Å². The first-order valence-corrected chi connectivity index (χ1v) is 6.93. The van der Waals surface area contributed by atoms with Crippen molar-refractivity contribution in [3.05, 3.63) is 35.4 Å². The lowest BCUT2D eigenvalue weighted by Crippen LogP contribution is -2.39. The van der Waals surface area contributed by atoms with Crippen molar-refractivity contribution in [3.8, 4) is 0 Å². The zero-order valence-electron chi connectivity index (χ0n) is 11.9. The number of nitrogens with zero attached hydrogens (tertiary/aromatic N) is 1. The van der Waals surface area contributed by atoms with Gasteiger partial charge in [-0.2, -0.15) is 0 Å². The van der Waals surface area contributed by atoms with Gasteiger partial charge in [0, 0.05) is 6.04 Å². The Labute approximate surface area is 111 Å². The second-order valence-electron chi connectivity index (χ2n) is 4.87. The molecule has 0 saturated carbocycles. The van der Waals surface area contributed by atoms with E-state index in [2.05, 4.69) is 55.4 Å². The highest BCUT2D eigenvalue weighted by Crippen LogP contribution is 2.08. The number of hydrazine groups is 1. The molecule has 0 aliphatic rings. The Kier molecular flexibility index (Phi) is 6.94. The van der Waals surface area contributed by atoms with Gasteiger partial charge in [-0.25, -0.2) is 0 Å². The van der Waals surface area contributed by atoms with E-state index in [0.29, 0.717) is 6.04 Å². The van der Waals surface area contributed by atoms with E-state index in [1.807, 2.05) is 0 Å². The number of benzene rings is 1. The average molecular weight is 249 g/mol. The molecule has 0 amide bonds. The normalized spacial score (nSPS) is 12.9. The van der Waals surface area contributed by atoms with E-state index in [4.69, 9.17) is 5.84 Å². The monoisotopic (exact) mass is 249 g/mol. The van der Waals surface area contributed by atoms with Gasteiger partial charge >= 0.3 is 0 Å². The first-order chi connectivity index (χ1) is 8.69. The molecule has 1 atom stereocenters. The Morgan fingerprint density at radius 3 is 2.28 bits per heavy atom. The summed E-state index contributed by atoms with van der Waals surface area (Å²) in [5.41, 5.74) is 5.60. The Hall–Kier alpha value is -0.900. The van der Waals surface area contributed by atoms with Crippen molar-refractivity contribution in [2.75, 3.05) is 19.6 Å². The molecule has 0 aromatic heterocycles. The van der Waals surface area contributed by atoms with Crippen LogP contribution in [0, 0.1) is 6.92 Å². The van der Waals surface area contributed by atoms with Crippen molar-refractivity contribution in [2.24, 2.45) is 5.84 Å². The first-order valence-electron chi connectivity index (χ1n) is 6.93. The van der Waals surface area contributed by atoms with Crippen molar-refractivity contribution < 1.29 is 0 Å². The molecule has 0 aliphatic carbocycles. The number of hydrogen-bond acceptors (Lipinski definition) is 3. The van der Waals surface area contributed by atoms with E-state index >= 15 is 0 Å². The summed E-state index contributed by atoms with van der Waals surface area (Å²) in [6.07, 6.45) is 2.09. The van der Waals surface area contributed by atoms with E-state index in [9.17, 15) is 0 Å². The summed E-state index contributed by atoms with van der Waals surface area (Å²) in [7, 11) is 0. The molecule has 0 heterocycles. The molecule has 0 saturated heterocycles. The maximum atomic E-state index is 5.65. The predicted molar refractivity (Wildman–Crippen MR) is 78.4 cm³/mol. The molecule has 3 N–H and O–H groups in total. The summed E-state index contributed by atoms with van der Waals surface area (Å²) >= 11 is 0. The van der Waals surface area contributed by atoms with Crippen molar-refractivity contribution in [1.29, 1.82) is 0 Å². The highest BCUT2D eigenvalue weighted by Gasteiger charge is 2.09. The Morgan fingerprint density at radius 2 is 1.78 bits per heavy atom. The van der Waals surface area contributed by atoms with Crippen LogP contribution in [0.15, 0.2) is 24.3 Å². The minimum Gasteiger partial charge on any atom is -0.304 e. The predicted octanol–water partition coefficient (Wildman–Crippen LogP) is 2.10. The van der Waals surface area contributed by atoms with Gasteiger partial charge in [-0.3, -0.25) is 11.3 Å². The Balaban J connectivity index is 2.44. The standard InChI is InChI=1S/C15H27N3/c1-4-18(5-2)11-10-15(17-16)12-14-8-6-13(3)7-9-14/h6-9,15,17H,4-5,10-12,16H2,1-3H3. The third-order valence-electron chi connectivity index (χ3n) is 3.53. The van der Waals surface area contributed by atoms with Crippen LogP contribution in [-0.4, -0.2) is 30.6 Å². The van der Waals surface area contributed by atoms with Crippen LogP contribution in [-0.2, 0) is 6.42 Å². The molecule has 0 aliphatic heterocycles. The fraction of sp³-hybridized carbons (Fsp3) is 0.600. The summed E-state index contributed by atoms with van der Waals surface area (Å²) in [5.74, 6) is 5.65. The zero-order chi connectivity index (χ0) is 13.4. The molecule has 0 spiro atoms. The number of nitrogens with one attached hydrogen (secondary N) is 1. The summed E-state index contributed by atoms with van der Waals surface area (Å²) in [6.45, 7) is 9.84. The van der Waals surface area contributed by atoms with Gasteiger partial charge in [-0.15, -0.1) is 0 Å². The van der Waals surface area contributed by atoms with Gasteiger partial charge in [0.05, 0.1) is 0 Å². The highest BCUT2D eigenvalue weighted by atomic mass is 15.2. The molecule has 1 aromatic rings. The van der Waals surface area contributed by atoms with Gasteiger partial charge in [0.25, 0.3) is 0 Å². The minimum absolute atomic E-state index is 0.355. The van der Waals surface area contributed by atoms with Crippen LogP contribution in [0.2, 0.25) is 0 Å². The van der Waals surface area contributed by atoms with Crippen LogP contribution < -0.4 is 11.3 Å². The van der Waals surface area contributed by atoms with Crippen molar-refractivity contribution in [3.63, 3.8) is 0 Å². The molecule has 1 rings (SSSR count). The van der Waals surface area contributed by atoms with Crippen molar-refractivity contribution >= 4 is 0 Å². The third kappa shape index (κ3) is 5.17. The topological polar surface area (TPSA) is 41.3 Å². The summed E-state index contributed by atoms with van der Waals surface area (Å²) < 4.78 is 0. The lowest BCUT2D eigenvalue weighted by molar-refractivity contribution is 0.281. The largest absolute Gasteiger partial charge is 0.304 e. The third-order valence-corrected chi connectivity index (χ3v) is 3.53. The molecule has 1 unspecified atom stereocenters. The van der Waals surface area contributed by atoms with E-state index in [0.717, 1.165) is 32.5 Å². The fourth-order valence-corrected chi connectivity index (χ4v) is 2.13. The molecule has 0 bridgehead atoms. The smallest absolute Gasteiger partial charge is 0.0263 e. The minimum atomic E-state index is 0.355. The van der Waals surface area contributed by atoms with Gasteiger partial charge in [-0.1, -0.05) is 43.7 Å². The van der Waals surface area contributed by atoms with Gasteiger partial charge in [0.2, 0.25) is 0 Å². The number of rotatable bonds is 8. The number of hydrogen-bond donors (Lipinski definition) is 2. The molecule has 1 aromatic carbocycles. The first kappa shape index (κ1) is 15.2. The van der Waals surface area contributed by atoms with E-state index < -0.39 is 0 Å².